The quantitative estimate of drug-likeness (QED) is 0.645. The summed E-state index contributed by atoms with van der Waals surface area (Å²) < 4.78 is 10.4. The Hall–Kier alpha value is -1.74. The van der Waals surface area contributed by atoms with Crippen molar-refractivity contribution in [2.24, 2.45) is 0 Å². The van der Waals surface area contributed by atoms with Gasteiger partial charge in [0.25, 0.3) is 0 Å². The summed E-state index contributed by atoms with van der Waals surface area (Å²) in [5.74, 6) is 3.26. The van der Waals surface area contributed by atoms with E-state index in [9.17, 15) is 9.59 Å². The van der Waals surface area contributed by atoms with Crippen molar-refractivity contribution >= 4 is 12.1 Å². The molecule has 6 nitrogen and oxygen atoms in total. The van der Waals surface area contributed by atoms with Gasteiger partial charge in [-0.05, 0) is 20.8 Å². The number of carbonyl (C=O) groups excluding carboxylic acids is 1. The number of carboxylic acid groups (broad SMARTS) is 1. The minimum atomic E-state index is -1.23. The van der Waals surface area contributed by atoms with Gasteiger partial charge in [0.05, 0.1) is 13.2 Å². The maximum Gasteiger partial charge on any atom is 0.411 e. The third kappa shape index (κ3) is 4.63. The second kappa shape index (κ2) is 5.74. The van der Waals surface area contributed by atoms with Crippen LogP contribution < -0.4 is 0 Å². The first kappa shape index (κ1) is 14.3. The van der Waals surface area contributed by atoms with Crippen molar-refractivity contribution in [1.29, 1.82) is 0 Å². The molecule has 0 aromatic rings. The summed E-state index contributed by atoms with van der Waals surface area (Å²) in [6, 6.07) is -0.579. The molecule has 1 rings (SSSR count). The normalized spacial score (nSPS) is 19.7. The van der Waals surface area contributed by atoms with E-state index in [1.165, 1.54) is 4.90 Å². The average Bonchev–Trinajstić information content (AvgIpc) is 2.24. The van der Waals surface area contributed by atoms with E-state index in [2.05, 4.69) is 5.92 Å². The fraction of sp³-hybridized carbons (Fsp3) is 0.667. The minimum absolute atomic E-state index is 0.194. The molecule has 1 aliphatic heterocycles. The SMILES string of the molecule is CC(C)(C)OC(=O)N1CCOCC1C#CC(=O)O. The summed E-state index contributed by atoms with van der Waals surface area (Å²) in [7, 11) is 0. The van der Waals surface area contributed by atoms with Crippen LogP contribution in [0.1, 0.15) is 20.8 Å². The molecule has 1 N–H and O–H groups in total. The predicted octanol–water partition coefficient (Wildman–Crippen LogP) is 0.710. The minimum Gasteiger partial charge on any atom is -0.472 e. The Balaban J connectivity index is 2.74. The zero-order valence-corrected chi connectivity index (χ0v) is 10.7. The van der Waals surface area contributed by atoms with E-state index in [-0.39, 0.29) is 6.61 Å². The van der Waals surface area contributed by atoms with E-state index in [0.29, 0.717) is 13.2 Å². The topological polar surface area (TPSA) is 76.1 Å². The van der Waals surface area contributed by atoms with Gasteiger partial charge in [0.15, 0.2) is 0 Å². The highest BCUT2D eigenvalue weighted by atomic mass is 16.6. The Morgan fingerprint density at radius 1 is 1.44 bits per heavy atom. The van der Waals surface area contributed by atoms with Gasteiger partial charge in [-0.15, -0.1) is 0 Å². The molecular weight excluding hydrogens is 238 g/mol. The molecule has 0 aliphatic carbocycles. The number of amides is 1. The van der Waals surface area contributed by atoms with E-state index >= 15 is 0 Å². The highest BCUT2D eigenvalue weighted by Gasteiger charge is 2.30. The lowest BCUT2D eigenvalue weighted by Gasteiger charge is -2.33. The number of nitrogens with zero attached hydrogens (tertiary/aromatic N) is 1. The highest BCUT2D eigenvalue weighted by Crippen LogP contribution is 2.14. The van der Waals surface area contributed by atoms with Crippen molar-refractivity contribution in [2.45, 2.75) is 32.4 Å². The Labute approximate surface area is 106 Å². The molecule has 1 atom stereocenters. The second-order valence-electron chi connectivity index (χ2n) is 4.84. The molecule has 1 unspecified atom stereocenters. The molecule has 0 bridgehead atoms. The van der Waals surface area contributed by atoms with Crippen molar-refractivity contribution in [3.05, 3.63) is 0 Å². The number of hydrogen-bond acceptors (Lipinski definition) is 4. The lowest BCUT2D eigenvalue weighted by atomic mass is 10.2. The van der Waals surface area contributed by atoms with Crippen molar-refractivity contribution in [3.63, 3.8) is 0 Å². The Kier molecular flexibility index (Phi) is 4.56. The molecule has 18 heavy (non-hydrogen) atoms. The summed E-state index contributed by atoms with van der Waals surface area (Å²) >= 11 is 0. The molecule has 0 spiro atoms. The first-order chi connectivity index (χ1) is 8.29. The Morgan fingerprint density at radius 3 is 2.67 bits per heavy atom. The fourth-order valence-electron chi connectivity index (χ4n) is 1.41. The van der Waals surface area contributed by atoms with Crippen LogP contribution in [0.4, 0.5) is 4.79 Å². The van der Waals surface area contributed by atoms with E-state index in [1.807, 2.05) is 5.92 Å². The van der Waals surface area contributed by atoms with Gasteiger partial charge < -0.3 is 14.6 Å². The Bertz CT molecular complexity index is 387. The van der Waals surface area contributed by atoms with Gasteiger partial charge in [-0.1, -0.05) is 5.92 Å². The van der Waals surface area contributed by atoms with Gasteiger partial charge in [0, 0.05) is 12.5 Å². The summed E-state index contributed by atoms with van der Waals surface area (Å²) in [6.45, 7) is 6.23. The van der Waals surface area contributed by atoms with Crippen molar-refractivity contribution in [1.82, 2.24) is 4.90 Å². The second-order valence-corrected chi connectivity index (χ2v) is 4.84. The molecule has 100 valence electrons. The van der Waals surface area contributed by atoms with Crippen molar-refractivity contribution in [2.75, 3.05) is 19.8 Å². The molecule has 0 radical (unpaired) electrons. The van der Waals surface area contributed by atoms with E-state index in [4.69, 9.17) is 14.6 Å². The summed E-state index contributed by atoms with van der Waals surface area (Å²) in [6.07, 6.45) is -0.504. The molecule has 1 heterocycles. The van der Waals surface area contributed by atoms with Gasteiger partial charge in [0.1, 0.15) is 11.6 Å². The third-order valence-corrected chi connectivity index (χ3v) is 2.10. The first-order valence-corrected chi connectivity index (χ1v) is 5.61. The molecular formula is C12H17NO5. The summed E-state index contributed by atoms with van der Waals surface area (Å²) in [5, 5.41) is 8.51. The first-order valence-electron chi connectivity index (χ1n) is 5.61. The van der Waals surface area contributed by atoms with E-state index < -0.39 is 23.7 Å². The van der Waals surface area contributed by atoms with Gasteiger partial charge in [-0.2, -0.15) is 0 Å². The molecule has 1 fully saturated rings. The van der Waals surface area contributed by atoms with Crippen LogP contribution in [0, 0.1) is 11.8 Å². The van der Waals surface area contributed by atoms with Crippen molar-refractivity contribution in [3.8, 4) is 11.8 Å². The van der Waals surface area contributed by atoms with Crippen LogP contribution >= 0.6 is 0 Å². The van der Waals surface area contributed by atoms with Crippen LogP contribution in [0.25, 0.3) is 0 Å². The van der Waals surface area contributed by atoms with Crippen LogP contribution in [-0.4, -0.2) is 53.5 Å². The third-order valence-electron chi connectivity index (χ3n) is 2.10. The lowest BCUT2D eigenvalue weighted by molar-refractivity contribution is -0.130. The standard InChI is InChI=1S/C12H17NO5/c1-12(2,3)18-11(16)13-6-7-17-8-9(13)4-5-10(14)15/h9H,6-8H2,1-3H3,(H,14,15). The van der Waals surface area contributed by atoms with Crippen molar-refractivity contribution < 1.29 is 24.2 Å². The smallest absolute Gasteiger partial charge is 0.411 e. The number of hydrogen-bond donors (Lipinski definition) is 1. The number of morpholine rings is 1. The molecule has 1 saturated heterocycles. The highest BCUT2D eigenvalue weighted by molar-refractivity contribution is 5.86. The number of aliphatic carboxylic acids is 1. The van der Waals surface area contributed by atoms with Gasteiger partial charge in [-0.25, -0.2) is 9.59 Å². The zero-order valence-electron chi connectivity index (χ0n) is 10.7. The predicted molar refractivity (Wildman–Crippen MR) is 63.0 cm³/mol. The molecule has 0 aromatic heterocycles. The average molecular weight is 255 g/mol. The van der Waals surface area contributed by atoms with Crippen LogP contribution in [0.5, 0.6) is 0 Å². The monoisotopic (exact) mass is 255 g/mol. The Morgan fingerprint density at radius 2 is 2.11 bits per heavy atom. The lowest BCUT2D eigenvalue weighted by Crippen LogP contribution is -2.49. The molecule has 0 saturated carbocycles. The number of carboxylic acids is 1. The number of carbonyl (C=O) groups is 2. The number of ether oxygens (including phenoxy) is 2. The van der Waals surface area contributed by atoms with E-state index in [1.54, 1.807) is 20.8 Å². The summed E-state index contributed by atoms with van der Waals surface area (Å²) in [5.41, 5.74) is -0.597. The molecule has 1 amide bonds. The van der Waals surface area contributed by atoms with Gasteiger partial charge in [0.2, 0.25) is 0 Å². The fourth-order valence-corrected chi connectivity index (χ4v) is 1.41. The van der Waals surface area contributed by atoms with Crippen LogP contribution in [0.15, 0.2) is 0 Å². The maximum atomic E-state index is 11.9. The zero-order chi connectivity index (χ0) is 13.8. The molecule has 6 heteroatoms. The van der Waals surface area contributed by atoms with Crippen LogP contribution in [-0.2, 0) is 14.3 Å². The van der Waals surface area contributed by atoms with Gasteiger partial charge >= 0.3 is 12.1 Å². The largest absolute Gasteiger partial charge is 0.472 e. The van der Waals surface area contributed by atoms with E-state index in [0.717, 1.165) is 0 Å². The van der Waals surface area contributed by atoms with Crippen LogP contribution in [0.2, 0.25) is 0 Å². The number of rotatable bonds is 0. The molecule has 1 aliphatic rings. The molecule has 0 aromatic carbocycles. The maximum absolute atomic E-state index is 11.9. The van der Waals surface area contributed by atoms with Gasteiger partial charge in [-0.3, -0.25) is 4.90 Å². The summed E-state index contributed by atoms with van der Waals surface area (Å²) in [4.78, 5) is 23.7. The van der Waals surface area contributed by atoms with Crippen LogP contribution in [0.3, 0.4) is 0 Å².